The van der Waals surface area contributed by atoms with Crippen LogP contribution in [0.1, 0.15) is 31.9 Å². The van der Waals surface area contributed by atoms with Gasteiger partial charge in [-0.2, -0.15) is 5.43 Å². The van der Waals surface area contributed by atoms with E-state index in [4.69, 9.17) is 4.42 Å². The van der Waals surface area contributed by atoms with Crippen LogP contribution in [-0.4, -0.2) is 80.5 Å². The van der Waals surface area contributed by atoms with Gasteiger partial charge in [0.05, 0.1) is 18.8 Å². The van der Waals surface area contributed by atoms with Crippen LogP contribution in [0.25, 0.3) is 0 Å². The summed E-state index contributed by atoms with van der Waals surface area (Å²) >= 11 is 1.60. The number of rotatable bonds is 4. The number of carbonyl (C=O) groups is 3. The van der Waals surface area contributed by atoms with E-state index in [2.05, 4.69) is 12.3 Å². The van der Waals surface area contributed by atoms with E-state index < -0.39 is 6.29 Å². The molecule has 4 amide bonds. The molecule has 0 bridgehead atoms. The van der Waals surface area contributed by atoms with E-state index in [-0.39, 0.29) is 42.2 Å². The molecule has 3 atom stereocenters. The molecule has 0 radical (unpaired) electrons. The van der Waals surface area contributed by atoms with Gasteiger partial charge < -0.3 is 9.32 Å². The summed E-state index contributed by atoms with van der Waals surface area (Å²) in [5, 5.41) is 1.12. The Labute approximate surface area is 179 Å². The number of amides is 4. The van der Waals surface area contributed by atoms with Crippen molar-refractivity contribution in [3.8, 4) is 0 Å². The van der Waals surface area contributed by atoms with Crippen molar-refractivity contribution in [2.24, 2.45) is 5.92 Å². The highest BCUT2D eigenvalue weighted by Gasteiger charge is 2.56. The molecule has 4 fully saturated rings. The van der Waals surface area contributed by atoms with E-state index in [0.29, 0.717) is 11.7 Å². The van der Waals surface area contributed by atoms with E-state index in [1.165, 1.54) is 5.01 Å². The number of urea groups is 1. The average Bonchev–Trinajstić information content (AvgIpc) is 3.47. The Kier molecular flexibility index (Phi) is 5.14. The van der Waals surface area contributed by atoms with Crippen molar-refractivity contribution in [1.29, 1.82) is 0 Å². The van der Waals surface area contributed by atoms with Crippen LogP contribution in [0.5, 0.6) is 0 Å². The molecule has 9 nitrogen and oxygen atoms in total. The highest BCUT2D eigenvalue weighted by atomic mass is 32.2. The average molecular weight is 434 g/mol. The summed E-state index contributed by atoms with van der Waals surface area (Å²) in [4.78, 5) is 44.5. The zero-order valence-corrected chi connectivity index (χ0v) is 17.8. The first-order valence-electron chi connectivity index (χ1n) is 10.6. The Hall–Kier alpha value is -2.20. The first-order chi connectivity index (χ1) is 14.5. The van der Waals surface area contributed by atoms with Gasteiger partial charge in [-0.15, -0.1) is 11.8 Å². The number of hydrogen-bond acceptors (Lipinski definition) is 6. The molecule has 1 aromatic heterocycles. The molecule has 0 saturated carbocycles. The minimum absolute atomic E-state index is 0.0126. The van der Waals surface area contributed by atoms with Gasteiger partial charge in [0.25, 0.3) is 0 Å². The summed E-state index contributed by atoms with van der Waals surface area (Å²) < 4.78 is 5.44. The Balaban J connectivity index is 1.34. The van der Waals surface area contributed by atoms with Crippen LogP contribution in [-0.2, 0) is 16.1 Å². The number of fused-ring (bicyclic) bond motifs is 3. The van der Waals surface area contributed by atoms with Crippen LogP contribution >= 0.6 is 11.8 Å². The fraction of sp³-hybridized carbons (Fsp3) is 0.650. The lowest BCUT2D eigenvalue weighted by atomic mass is 9.99. The maximum atomic E-state index is 13.3. The number of likely N-dealkylation sites (tertiary alicyclic amines) is 1. The smallest absolute Gasteiger partial charge is 0.337 e. The number of hydrazine groups is 1. The van der Waals surface area contributed by atoms with E-state index in [0.717, 1.165) is 38.1 Å². The van der Waals surface area contributed by atoms with Gasteiger partial charge in [0.15, 0.2) is 6.29 Å². The molecule has 10 heteroatoms. The van der Waals surface area contributed by atoms with Gasteiger partial charge in [-0.05, 0) is 43.1 Å². The molecule has 4 aliphatic heterocycles. The van der Waals surface area contributed by atoms with Gasteiger partial charge in [-0.25, -0.2) is 9.80 Å². The molecule has 162 valence electrons. The highest BCUT2D eigenvalue weighted by molar-refractivity contribution is 8.00. The molecular weight excluding hydrogens is 406 g/mol. The van der Waals surface area contributed by atoms with Gasteiger partial charge in [0, 0.05) is 13.1 Å². The number of hydrogen-bond donors (Lipinski definition) is 1. The second-order valence-electron chi connectivity index (χ2n) is 8.53. The second kappa shape index (κ2) is 7.81. The van der Waals surface area contributed by atoms with Crippen molar-refractivity contribution >= 4 is 29.6 Å². The number of nitrogens with zero attached hydrogens (tertiary/aromatic N) is 4. The topological polar surface area (TPSA) is 89.3 Å². The normalized spacial score (nSPS) is 29.6. The van der Waals surface area contributed by atoms with E-state index in [9.17, 15) is 14.4 Å². The Morgan fingerprint density at radius 3 is 2.80 bits per heavy atom. The van der Waals surface area contributed by atoms with Crippen LogP contribution in [0.2, 0.25) is 0 Å². The Bertz CT molecular complexity index is 825. The molecule has 5 rings (SSSR count). The summed E-state index contributed by atoms with van der Waals surface area (Å²) in [5.41, 5.74) is 3.14. The lowest BCUT2D eigenvalue weighted by molar-refractivity contribution is -0.146. The summed E-state index contributed by atoms with van der Waals surface area (Å²) in [6, 6.07) is 3.23. The predicted molar refractivity (Wildman–Crippen MR) is 110 cm³/mol. The van der Waals surface area contributed by atoms with Crippen molar-refractivity contribution in [3.63, 3.8) is 0 Å². The van der Waals surface area contributed by atoms with Crippen LogP contribution in [0, 0.1) is 5.92 Å². The van der Waals surface area contributed by atoms with Gasteiger partial charge in [0.2, 0.25) is 11.8 Å². The zero-order valence-electron chi connectivity index (χ0n) is 17.0. The van der Waals surface area contributed by atoms with Crippen LogP contribution in [0.15, 0.2) is 22.8 Å². The SMILES string of the molecule is CC1CCN(C(=O)CN2NC3N(Cc4ccco4)C(=O)C4SCCC4N3C2=O)CC1. The highest BCUT2D eigenvalue weighted by Crippen LogP contribution is 2.39. The van der Waals surface area contributed by atoms with E-state index in [1.54, 1.807) is 33.9 Å². The molecule has 0 spiro atoms. The number of furan rings is 1. The third-order valence-electron chi connectivity index (χ3n) is 6.56. The summed E-state index contributed by atoms with van der Waals surface area (Å²) in [6.45, 7) is 3.93. The summed E-state index contributed by atoms with van der Waals surface area (Å²) in [7, 11) is 0. The minimum Gasteiger partial charge on any atom is -0.467 e. The van der Waals surface area contributed by atoms with Crippen LogP contribution in [0.4, 0.5) is 4.79 Å². The number of carbonyl (C=O) groups excluding carboxylic acids is 3. The van der Waals surface area contributed by atoms with Gasteiger partial charge >= 0.3 is 6.03 Å². The minimum atomic E-state index is -0.593. The van der Waals surface area contributed by atoms with Gasteiger partial charge in [-0.1, -0.05) is 6.92 Å². The van der Waals surface area contributed by atoms with Crippen LogP contribution < -0.4 is 5.43 Å². The molecule has 1 N–H and O–H groups in total. The summed E-state index contributed by atoms with van der Waals surface area (Å²) in [5.74, 6) is 2.10. The van der Waals surface area contributed by atoms with Crippen molar-refractivity contribution in [2.45, 2.75) is 50.3 Å². The van der Waals surface area contributed by atoms with Crippen molar-refractivity contribution in [1.82, 2.24) is 25.1 Å². The molecular formula is C20H27N5O4S. The molecule has 4 aliphatic rings. The number of piperidine rings is 1. The molecule has 0 aliphatic carbocycles. The maximum absolute atomic E-state index is 13.3. The second-order valence-corrected chi connectivity index (χ2v) is 9.78. The first kappa shape index (κ1) is 19.7. The Morgan fingerprint density at radius 2 is 2.07 bits per heavy atom. The molecule has 0 aromatic carbocycles. The molecule has 4 saturated heterocycles. The lowest BCUT2D eigenvalue weighted by Crippen LogP contribution is -2.65. The van der Waals surface area contributed by atoms with Crippen molar-refractivity contribution < 1.29 is 18.8 Å². The fourth-order valence-electron chi connectivity index (χ4n) is 4.77. The standard InChI is InChI=1S/C20H27N5O4S/c1-13-4-7-22(8-5-13)16(26)12-24-20(28)25-15-6-10-30-17(15)18(27)23(19(25)21-24)11-14-3-2-9-29-14/h2-3,9,13,15,17,19,21H,4-8,10-12H2,1H3. The third-order valence-corrected chi connectivity index (χ3v) is 7.91. The first-order valence-corrected chi connectivity index (χ1v) is 11.7. The third kappa shape index (κ3) is 3.35. The largest absolute Gasteiger partial charge is 0.467 e. The van der Waals surface area contributed by atoms with Gasteiger partial charge in [0.1, 0.15) is 17.6 Å². The maximum Gasteiger partial charge on any atom is 0.337 e. The number of nitrogens with one attached hydrogen (secondary N) is 1. The van der Waals surface area contributed by atoms with Crippen LogP contribution in [0.3, 0.4) is 0 Å². The monoisotopic (exact) mass is 433 g/mol. The molecule has 30 heavy (non-hydrogen) atoms. The van der Waals surface area contributed by atoms with Crippen molar-refractivity contribution in [2.75, 3.05) is 25.4 Å². The Morgan fingerprint density at radius 1 is 1.27 bits per heavy atom. The quantitative estimate of drug-likeness (QED) is 0.770. The zero-order chi connectivity index (χ0) is 20.8. The molecule has 3 unspecified atom stereocenters. The predicted octanol–water partition coefficient (Wildman–Crippen LogP) is 1.28. The van der Waals surface area contributed by atoms with Gasteiger partial charge in [-0.3, -0.25) is 19.4 Å². The fourth-order valence-corrected chi connectivity index (χ4v) is 6.17. The lowest BCUT2D eigenvalue weighted by Gasteiger charge is -2.43. The molecule has 5 heterocycles. The van der Waals surface area contributed by atoms with Crippen molar-refractivity contribution in [3.05, 3.63) is 24.2 Å². The van der Waals surface area contributed by atoms with E-state index >= 15 is 0 Å². The molecule has 1 aromatic rings. The summed E-state index contributed by atoms with van der Waals surface area (Å²) in [6.07, 6.45) is 3.75. The van der Waals surface area contributed by atoms with E-state index in [1.807, 2.05) is 11.0 Å². The number of thioether (sulfide) groups is 1.